The summed E-state index contributed by atoms with van der Waals surface area (Å²) in [5.74, 6) is -1.75. The van der Waals surface area contributed by atoms with Gasteiger partial charge >= 0.3 is 0 Å². The van der Waals surface area contributed by atoms with Crippen molar-refractivity contribution in [3.8, 4) is 5.75 Å². The normalized spacial score (nSPS) is 23.7. The highest BCUT2D eigenvalue weighted by Crippen LogP contribution is 2.52. The lowest BCUT2D eigenvalue weighted by Crippen LogP contribution is -2.55. The van der Waals surface area contributed by atoms with Crippen LogP contribution in [0.2, 0.25) is 5.02 Å². The average molecular weight is 520 g/mol. The number of sulfone groups is 1. The van der Waals surface area contributed by atoms with Gasteiger partial charge in [0, 0.05) is 40.9 Å². The summed E-state index contributed by atoms with van der Waals surface area (Å²) in [5, 5.41) is 0.581. The predicted octanol–water partition coefficient (Wildman–Crippen LogP) is 5.16. The van der Waals surface area contributed by atoms with Gasteiger partial charge in [-0.3, -0.25) is 4.98 Å². The Morgan fingerprint density at radius 3 is 2.60 bits per heavy atom. The van der Waals surface area contributed by atoms with E-state index in [0.717, 1.165) is 17.7 Å². The molecule has 1 aromatic heterocycles. The summed E-state index contributed by atoms with van der Waals surface area (Å²) in [6.07, 6.45) is 3.38. The molecular formula is C26H24ClF2NO4S. The summed E-state index contributed by atoms with van der Waals surface area (Å²) >= 11 is 6.06. The minimum Gasteiger partial charge on any atom is -0.490 e. The molecule has 0 saturated carbocycles. The number of halogens is 3. The summed E-state index contributed by atoms with van der Waals surface area (Å²) in [6.45, 7) is 0.385. The zero-order valence-electron chi connectivity index (χ0n) is 18.8. The van der Waals surface area contributed by atoms with Crippen molar-refractivity contribution in [2.45, 2.75) is 35.7 Å². The third-order valence-corrected chi connectivity index (χ3v) is 9.08. The van der Waals surface area contributed by atoms with E-state index in [4.69, 9.17) is 21.1 Å². The van der Waals surface area contributed by atoms with Crippen LogP contribution < -0.4 is 4.74 Å². The van der Waals surface area contributed by atoms with Gasteiger partial charge in [-0.1, -0.05) is 23.7 Å². The number of hydrogen-bond acceptors (Lipinski definition) is 5. The molecule has 0 amide bonds. The molecule has 2 aliphatic rings. The van der Waals surface area contributed by atoms with Crippen molar-refractivity contribution in [3.63, 3.8) is 0 Å². The van der Waals surface area contributed by atoms with Gasteiger partial charge in [0.15, 0.2) is 21.4 Å². The van der Waals surface area contributed by atoms with Crippen molar-refractivity contribution in [2.24, 2.45) is 5.92 Å². The Bertz CT molecular complexity index is 1320. The molecule has 0 spiro atoms. The summed E-state index contributed by atoms with van der Waals surface area (Å²) in [4.78, 5) is 4.04. The van der Waals surface area contributed by atoms with Crippen LogP contribution in [0, 0.1) is 17.6 Å². The summed E-state index contributed by atoms with van der Waals surface area (Å²) < 4.78 is 67.7. The molecule has 5 rings (SSSR count). The van der Waals surface area contributed by atoms with E-state index in [-0.39, 0.29) is 47.5 Å². The first-order valence-corrected chi connectivity index (χ1v) is 13.4. The van der Waals surface area contributed by atoms with E-state index in [9.17, 15) is 12.8 Å². The highest BCUT2D eigenvalue weighted by atomic mass is 35.5. The molecule has 184 valence electrons. The SMILES string of the molecule is O=S(=O)(CC[C@@H]1OCC[C@@]2(Cc3ccc(Cl)cc3)c3c(F)ccc(F)c3OC[C@@H]12)c1cccnc1. The Morgan fingerprint density at radius 1 is 1.09 bits per heavy atom. The van der Waals surface area contributed by atoms with E-state index >= 15 is 4.39 Å². The maximum absolute atomic E-state index is 15.3. The van der Waals surface area contributed by atoms with Gasteiger partial charge in [0.25, 0.3) is 0 Å². The van der Waals surface area contributed by atoms with Gasteiger partial charge in [-0.25, -0.2) is 17.2 Å². The first-order chi connectivity index (χ1) is 16.8. The number of benzene rings is 2. The number of pyridine rings is 1. The minimum absolute atomic E-state index is 0.0705. The number of aromatic nitrogens is 1. The molecular weight excluding hydrogens is 496 g/mol. The highest BCUT2D eigenvalue weighted by Gasteiger charge is 2.53. The molecule has 1 saturated heterocycles. The minimum atomic E-state index is -3.59. The second kappa shape index (κ2) is 9.48. The number of hydrogen-bond donors (Lipinski definition) is 0. The van der Waals surface area contributed by atoms with Crippen molar-refractivity contribution in [1.29, 1.82) is 0 Å². The first kappa shape index (κ1) is 24.2. The molecule has 1 fully saturated rings. The average Bonchev–Trinajstić information content (AvgIpc) is 2.86. The molecule has 2 aliphatic heterocycles. The van der Waals surface area contributed by atoms with Crippen LogP contribution in [0.15, 0.2) is 65.8 Å². The molecule has 0 unspecified atom stereocenters. The summed E-state index contributed by atoms with van der Waals surface area (Å²) in [5.41, 5.74) is 0.292. The fourth-order valence-electron chi connectivity index (χ4n) is 5.42. The highest BCUT2D eigenvalue weighted by molar-refractivity contribution is 7.91. The maximum atomic E-state index is 15.3. The number of ether oxygens (including phenoxy) is 2. The Hall–Kier alpha value is -2.55. The fraction of sp³-hybridized carbons (Fsp3) is 0.346. The van der Waals surface area contributed by atoms with Crippen LogP contribution in [0.5, 0.6) is 5.75 Å². The number of fused-ring (bicyclic) bond motifs is 3. The molecule has 2 aromatic carbocycles. The lowest BCUT2D eigenvalue weighted by atomic mass is 9.60. The van der Waals surface area contributed by atoms with Gasteiger partial charge in [-0.15, -0.1) is 0 Å². The Balaban J connectivity index is 1.52. The van der Waals surface area contributed by atoms with Crippen LogP contribution in [-0.2, 0) is 26.4 Å². The first-order valence-electron chi connectivity index (χ1n) is 11.4. The lowest BCUT2D eigenvalue weighted by molar-refractivity contribution is -0.0963. The summed E-state index contributed by atoms with van der Waals surface area (Å²) in [7, 11) is -3.59. The predicted molar refractivity (Wildman–Crippen MR) is 127 cm³/mol. The van der Waals surface area contributed by atoms with Crippen LogP contribution in [0.3, 0.4) is 0 Å². The number of rotatable bonds is 6. The lowest BCUT2D eigenvalue weighted by Gasteiger charge is -2.51. The van der Waals surface area contributed by atoms with Gasteiger partial charge in [0.05, 0.1) is 23.4 Å². The maximum Gasteiger partial charge on any atom is 0.179 e. The molecule has 0 radical (unpaired) electrons. The zero-order chi connectivity index (χ0) is 24.6. The zero-order valence-corrected chi connectivity index (χ0v) is 20.4. The smallest absolute Gasteiger partial charge is 0.179 e. The van der Waals surface area contributed by atoms with E-state index in [1.165, 1.54) is 18.5 Å². The molecule has 3 heterocycles. The van der Waals surface area contributed by atoms with Crippen LogP contribution in [-0.4, -0.2) is 38.5 Å². The number of nitrogens with zero attached hydrogens (tertiary/aromatic N) is 1. The quantitative estimate of drug-likeness (QED) is 0.450. The molecule has 9 heteroatoms. The third-order valence-electron chi connectivity index (χ3n) is 7.10. The van der Waals surface area contributed by atoms with Gasteiger partial charge in [0.2, 0.25) is 0 Å². The van der Waals surface area contributed by atoms with Crippen molar-refractivity contribution < 1.29 is 26.7 Å². The molecule has 0 N–H and O–H groups in total. The van der Waals surface area contributed by atoms with Gasteiger partial charge in [-0.05, 0) is 61.2 Å². The molecule has 0 bridgehead atoms. The van der Waals surface area contributed by atoms with E-state index < -0.39 is 33.0 Å². The third kappa shape index (κ3) is 4.55. The van der Waals surface area contributed by atoms with Gasteiger partial charge in [-0.2, -0.15) is 0 Å². The molecule has 5 nitrogen and oxygen atoms in total. The van der Waals surface area contributed by atoms with Crippen LogP contribution >= 0.6 is 11.6 Å². The van der Waals surface area contributed by atoms with E-state index in [1.807, 2.05) is 12.1 Å². The molecule has 3 atom stereocenters. The van der Waals surface area contributed by atoms with Crippen molar-refractivity contribution >= 4 is 21.4 Å². The Kier molecular flexibility index (Phi) is 6.55. The van der Waals surface area contributed by atoms with Gasteiger partial charge in [0.1, 0.15) is 5.82 Å². The Labute approximate surface area is 208 Å². The monoisotopic (exact) mass is 519 g/mol. The molecule has 0 aliphatic carbocycles. The van der Waals surface area contributed by atoms with Crippen molar-refractivity contribution in [3.05, 3.63) is 88.7 Å². The van der Waals surface area contributed by atoms with Crippen LogP contribution in [0.4, 0.5) is 8.78 Å². The standard InChI is InChI=1S/C26H24ClF2NO4S/c27-18-5-3-17(4-6-18)14-26-10-12-33-23(9-13-35(31,32)19-2-1-11-30-15-19)20(26)16-34-25-22(29)8-7-21(28)24(25)26/h1-8,11,15,20,23H,9-10,12-14,16H2/t20-,23-,26-/m0/s1. The molecule has 35 heavy (non-hydrogen) atoms. The van der Waals surface area contributed by atoms with E-state index in [0.29, 0.717) is 17.9 Å². The summed E-state index contributed by atoms with van der Waals surface area (Å²) in [6, 6.07) is 12.6. The van der Waals surface area contributed by atoms with E-state index in [2.05, 4.69) is 4.98 Å². The van der Waals surface area contributed by atoms with E-state index in [1.54, 1.807) is 18.2 Å². The van der Waals surface area contributed by atoms with Crippen molar-refractivity contribution in [1.82, 2.24) is 4.98 Å². The Morgan fingerprint density at radius 2 is 1.86 bits per heavy atom. The largest absolute Gasteiger partial charge is 0.490 e. The van der Waals surface area contributed by atoms with Crippen molar-refractivity contribution in [2.75, 3.05) is 19.0 Å². The van der Waals surface area contributed by atoms with Gasteiger partial charge < -0.3 is 9.47 Å². The molecule has 3 aromatic rings. The second-order valence-corrected chi connectivity index (χ2v) is 11.6. The fourth-order valence-corrected chi connectivity index (χ4v) is 6.83. The van der Waals surface area contributed by atoms with Crippen LogP contribution in [0.1, 0.15) is 24.0 Å². The second-order valence-electron chi connectivity index (χ2n) is 9.07. The van der Waals surface area contributed by atoms with Crippen LogP contribution in [0.25, 0.3) is 0 Å². The topological polar surface area (TPSA) is 65.5 Å².